The zero-order valence-electron chi connectivity index (χ0n) is 14.0. The first-order chi connectivity index (χ1) is 12.3. The third-order valence-corrected chi connectivity index (χ3v) is 7.07. The lowest BCUT2D eigenvalue weighted by molar-refractivity contribution is 0.425. The molecule has 3 heterocycles. The van der Waals surface area contributed by atoms with Gasteiger partial charge in [-0.2, -0.15) is 15.9 Å². The number of benzene rings is 1. The van der Waals surface area contributed by atoms with Crippen molar-refractivity contribution in [3.05, 3.63) is 46.9 Å². The lowest BCUT2D eigenvalue weighted by Crippen LogP contribution is -2.34. The molecule has 0 aliphatic carbocycles. The van der Waals surface area contributed by atoms with E-state index >= 15 is 0 Å². The Morgan fingerprint density at radius 1 is 1.31 bits per heavy atom. The Bertz CT molecular complexity index is 1080. The number of halogens is 1. The molecule has 6 nitrogen and oxygen atoms in total. The standard InChI is InChI=1S/C18H17ClN4O2S/c1-10-2-17-13(3-11(10)4-20)15(14-5-22-6-16(21)18(14)19)7-23(17)12-8-26(24,25)9-12/h2-3,5-7,12,24-25H,8-9,21H2,1H3. The quantitative estimate of drug-likeness (QED) is 0.602. The molecule has 1 saturated heterocycles. The number of aromatic nitrogens is 2. The zero-order valence-corrected chi connectivity index (χ0v) is 15.6. The average molecular weight is 389 g/mol. The molecule has 134 valence electrons. The Morgan fingerprint density at radius 2 is 2.04 bits per heavy atom. The molecule has 0 unspecified atom stereocenters. The molecule has 1 aliphatic heterocycles. The van der Waals surface area contributed by atoms with Crippen LogP contribution >= 0.6 is 22.2 Å². The molecule has 26 heavy (non-hydrogen) atoms. The highest BCUT2D eigenvalue weighted by atomic mass is 35.5. The van der Waals surface area contributed by atoms with Crippen LogP contribution in [0.5, 0.6) is 0 Å². The lowest BCUT2D eigenvalue weighted by atomic mass is 10.0. The second kappa shape index (κ2) is 5.89. The first kappa shape index (κ1) is 17.2. The maximum absolute atomic E-state index is 9.79. The van der Waals surface area contributed by atoms with Crippen LogP contribution in [-0.2, 0) is 0 Å². The molecule has 0 amide bonds. The number of nitrogens with two attached hydrogens (primary N) is 1. The molecular formula is C18H17ClN4O2S. The number of nitrogens with zero attached hydrogens (tertiary/aromatic N) is 3. The molecule has 1 aliphatic rings. The number of aryl methyl sites for hydroxylation is 1. The van der Waals surface area contributed by atoms with Crippen molar-refractivity contribution in [2.75, 3.05) is 17.2 Å². The number of fused-ring (bicyclic) bond motifs is 1. The SMILES string of the molecule is Cc1cc2c(cc1C#N)c(-c1cncc(N)c1Cl)cn2C1CS(O)(O)C1. The van der Waals surface area contributed by atoms with Crippen LogP contribution in [0.4, 0.5) is 5.69 Å². The average Bonchev–Trinajstić information content (AvgIpc) is 2.92. The van der Waals surface area contributed by atoms with Crippen molar-refractivity contribution >= 4 is 38.8 Å². The molecule has 3 aromatic rings. The van der Waals surface area contributed by atoms with Gasteiger partial charge in [-0.1, -0.05) is 11.6 Å². The van der Waals surface area contributed by atoms with Crippen molar-refractivity contribution < 1.29 is 9.11 Å². The Labute approximate surface area is 157 Å². The van der Waals surface area contributed by atoms with Crippen molar-refractivity contribution in [2.24, 2.45) is 0 Å². The summed E-state index contributed by atoms with van der Waals surface area (Å²) in [5.41, 5.74) is 10.2. The first-order valence-electron chi connectivity index (χ1n) is 7.99. The molecule has 4 N–H and O–H groups in total. The topological polar surface area (TPSA) is 108 Å². The molecular weight excluding hydrogens is 372 g/mol. The maximum atomic E-state index is 9.79. The highest BCUT2D eigenvalue weighted by Crippen LogP contribution is 2.55. The van der Waals surface area contributed by atoms with Gasteiger partial charge in [-0.15, -0.1) is 0 Å². The number of hydrogen-bond donors (Lipinski definition) is 3. The molecule has 4 rings (SSSR count). The van der Waals surface area contributed by atoms with E-state index < -0.39 is 10.6 Å². The smallest absolute Gasteiger partial charge is 0.0994 e. The fourth-order valence-corrected chi connectivity index (χ4v) is 5.07. The summed E-state index contributed by atoms with van der Waals surface area (Å²) in [6.45, 7) is 1.89. The van der Waals surface area contributed by atoms with Crippen LogP contribution < -0.4 is 5.73 Å². The largest absolute Gasteiger partial charge is 0.396 e. The van der Waals surface area contributed by atoms with E-state index in [1.54, 1.807) is 6.20 Å². The summed E-state index contributed by atoms with van der Waals surface area (Å²) in [6, 6.07) is 6.00. The van der Waals surface area contributed by atoms with Gasteiger partial charge < -0.3 is 10.3 Å². The molecule has 0 atom stereocenters. The van der Waals surface area contributed by atoms with Crippen LogP contribution in [0, 0.1) is 18.3 Å². The first-order valence-corrected chi connectivity index (χ1v) is 10.3. The van der Waals surface area contributed by atoms with Gasteiger partial charge in [-0.05, 0) is 24.6 Å². The fourth-order valence-electron chi connectivity index (χ4n) is 3.41. The zero-order chi connectivity index (χ0) is 18.6. The van der Waals surface area contributed by atoms with E-state index in [4.69, 9.17) is 17.3 Å². The molecule has 0 saturated carbocycles. The van der Waals surface area contributed by atoms with Crippen molar-refractivity contribution in [2.45, 2.75) is 13.0 Å². The normalized spacial score (nSPS) is 17.7. The van der Waals surface area contributed by atoms with E-state index in [1.165, 1.54) is 6.20 Å². The predicted molar refractivity (Wildman–Crippen MR) is 106 cm³/mol. The highest BCUT2D eigenvalue weighted by Gasteiger charge is 2.36. The second-order valence-electron chi connectivity index (χ2n) is 6.63. The summed E-state index contributed by atoms with van der Waals surface area (Å²) in [7, 11) is -2.47. The molecule has 1 aromatic carbocycles. The minimum absolute atomic E-state index is 0.00335. The molecule has 8 heteroatoms. The summed E-state index contributed by atoms with van der Waals surface area (Å²) in [5.74, 6) is 0.663. The van der Waals surface area contributed by atoms with Crippen LogP contribution in [0.2, 0.25) is 5.02 Å². The van der Waals surface area contributed by atoms with E-state index in [1.807, 2.05) is 29.8 Å². The van der Waals surface area contributed by atoms with Gasteiger partial charge in [0.1, 0.15) is 0 Å². The Hall–Kier alpha value is -2.24. The predicted octanol–water partition coefficient (Wildman–Crippen LogP) is 4.42. The van der Waals surface area contributed by atoms with Crippen LogP contribution in [-0.4, -0.2) is 30.2 Å². The van der Waals surface area contributed by atoms with E-state index in [2.05, 4.69) is 11.1 Å². The number of anilines is 1. The van der Waals surface area contributed by atoms with Gasteiger partial charge in [0.2, 0.25) is 0 Å². The monoisotopic (exact) mass is 388 g/mol. The third kappa shape index (κ3) is 2.63. The van der Waals surface area contributed by atoms with Gasteiger partial charge in [-0.25, -0.2) is 0 Å². The minimum Gasteiger partial charge on any atom is -0.396 e. The van der Waals surface area contributed by atoms with Crippen LogP contribution in [0.25, 0.3) is 22.0 Å². The van der Waals surface area contributed by atoms with Crippen LogP contribution in [0.1, 0.15) is 17.2 Å². The van der Waals surface area contributed by atoms with E-state index in [9.17, 15) is 14.4 Å². The summed E-state index contributed by atoms with van der Waals surface area (Å²) >= 11 is 6.40. The highest BCUT2D eigenvalue weighted by molar-refractivity contribution is 8.25. The summed E-state index contributed by atoms with van der Waals surface area (Å²) < 4.78 is 21.6. The van der Waals surface area contributed by atoms with Gasteiger partial charge in [-0.3, -0.25) is 14.1 Å². The number of nitriles is 1. The summed E-state index contributed by atoms with van der Waals surface area (Å²) in [6.07, 6.45) is 5.09. The van der Waals surface area contributed by atoms with Crippen molar-refractivity contribution in [1.29, 1.82) is 5.26 Å². The van der Waals surface area contributed by atoms with Gasteiger partial charge in [0.05, 0.1) is 46.1 Å². The Balaban J connectivity index is 1.98. The number of pyridine rings is 1. The van der Waals surface area contributed by atoms with Crippen LogP contribution in [0.3, 0.4) is 0 Å². The number of hydrogen-bond acceptors (Lipinski definition) is 5. The number of nitrogen functional groups attached to an aromatic ring is 1. The summed E-state index contributed by atoms with van der Waals surface area (Å²) in [5, 5.41) is 10.7. The molecule has 0 spiro atoms. The van der Waals surface area contributed by atoms with Gasteiger partial charge in [0.15, 0.2) is 0 Å². The molecule has 1 fully saturated rings. The number of rotatable bonds is 2. The van der Waals surface area contributed by atoms with E-state index in [0.29, 0.717) is 33.3 Å². The lowest BCUT2D eigenvalue weighted by Gasteiger charge is -2.47. The van der Waals surface area contributed by atoms with Crippen molar-refractivity contribution in [3.63, 3.8) is 0 Å². The Kier molecular flexibility index (Phi) is 3.90. The van der Waals surface area contributed by atoms with Gasteiger partial charge >= 0.3 is 0 Å². The van der Waals surface area contributed by atoms with Crippen molar-refractivity contribution in [1.82, 2.24) is 9.55 Å². The van der Waals surface area contributed by atoms with Gasteiger partial charge in [0, 0.05) is 34.4 Å². The molecule has 2 aromatic heterocycles. The van der Waals surface area contributed by atoms with E-state index in [-0.39, 0.29) is 6.04 Å². The summed E-state index contributed by atoms with van der Waals surface area (Å²) in [4.78, 5) is 4.14. The molecule has 0 radical (unpaired) electrons. The second-order valence-corrected chi connectivity index (χ2v) is 9.27. The third-order valence-electron chi connectivity index (χ3n) is 4.81. The minimum atomic E-state index is -2.47. The van der Waals surface area contributed by atoms with Crippen molar-refractivity contribution in [3.8, 4) is 17.2 Å². The fraction of sp³-hybridized carbons (Fsp3) is 0.222. The van der Waals surface area contributed by atoms with Gasteiger partial charge in [0.25, 0.3) is 0 Å². The maximum Gasteiger partial charge on any atom is 0.0994 e. The van der Waals surface area contributed by atoms with Crippen LogP contribution in [0.15, 0.2) is 30.7 Å². The Morgan fingerprint density at radius 3 is 2.69 bits per heavy atom. The van der Waals surface area contributed by atoms with E-state index in [0.717, 1.165) is 22.0 Å². The molecule has 0 bridgehead atoms.